The number of aromatic nitrogens is 2. The van der Waals surface area contributed by atoms with Crippen LogP contribution in [0, 0.1) is 9.49 Å². The maximum Gasteiger partial charge on any atom is 0.146 e. The Kier molecular flexibility index (Phi) is 4.20. The van der Waals surface area contributed by atoms with Crippen molar-refractivity contribution in [1.82, 2.24) is 9.97 Å². The average molecular weight is 337 g/mol. The molecular formula is C11H14ClIN2. The second kappa shape index (κ2) is 5.43. The van der Waals surface area contributed by atoms with Crippen molar-refractivity contribution in [3.8, 4) is 0 Å². The van der Waals surface area contributed by atoms with Crippen LogP contribution >= 0.6 is 34.2 Å². The van der Waals surface area contributed by atoms with E-state index in [4.69, 9.17) is 11.6 Å². The highest BCUT2D eigenvalue weighted by atomic mass is 127. The Hall–Kier alpha value is 0.100. The van der Waals surface area contributed by atoms with Gasteiger partial charge < -0.3 is 0 Å². The quantitative estimate of drug-likeness (QED) is 0.605. The zero-order valence-corrected chi connectivity index (χ0v) is 11.5. The first-order valence-corrected chi connectivity index (χ1v) is 6.88. The van der Waals surface area contributed by atoms with Crippen LogP contribution in [0.5, 0.6) is 0 Å². The highest BCUT2D eigenvalue weighted by Crippen LogP contribution is 2.26. The molecule has 0 unspecified atom stereocenters. The van der Waals surface area contributed by atoms with Crippen LogP contribution in [0.3, 0.4) is 0 Å². The molecule has 1 saturated carbocycles. The van der Waals surface area contributed by atoms with Crippen molar-refractivity contribution in [3.05, 3.63) is 20.7 Å². The predicted molar refractivity (Wildman–Crippen MR) is 70.0 cm³/mol. The molecule has 1 heterocycles. The Morgan fingerprint density at radius 2 is 2.07 bits per heavy atom. The van der Waals surface area contributed by atoms with E-state index >= 15 is 0 Å². The van der Waals surface area contributed by atoms with Crippen molar-refractivity contribution < 1.29 is 0 Å². The lowest BCUT2D eigenvalue weighted by Gasteiger charge is -2.20. The van der Waals surface area contributed by atoms with Gasteiger partial charge in [-0.1, -0.05) is 43.7 Å². The van der Waals surface area contributed by atoms with Gasteiger partial charge in [0.25, 0.3) is 0 Å². The van der Waals surface area contributed by atoms with Crippen molar-refractivity contribution in [1.29, 1.82) is 0 Å². The molecule has 0 N–H and O–H groups in total. The molecule has 0 atom stereocenters. The summed E-state index contributed by atoms with van der Waals surface area (Å²) in [6.45, 7) is 0. The van der Waals surface area contributed by atoms with Crippen LogP contribution in [0.25, 0.3) is 0 Å². The Labute approximate surface area is 109 Å². The van der Waals surface area contributed by atoms with Crippen molar-refractivity contribution >= 4 is 34.2 Å². The molecule has 1 aliphatic carbocycles. The largest absolute Gasteiger partial charge is 0.240 e. The zero-order chi connectivity index (χ0) is 10.7. The van der Waals surface area contributed by atoms with E-state index in [9.17, 15) is 0 Å². The molecule has 1 aliphatic rings. The zero-order valence-electron chi connectivity index (χ0n) is 8.55. The molecule has 15 heavy (non-hydrogen) atoms. The fraction of sp³-hybridized carbons (Fsp3) is 0.636. The molecule has 0 saturated heterocycles. The topological polar surface area (TPSA) is 25.8 Å². The normalized spacial score (nSPS) is 18.0. The molecule has 0 aromatic carbocycles. The van der Waals surface area contributed by atoms with Crippen molar-refractivity contribution in [2.75, 3.05) is 0 Å². The summed E-state index contributed by atoms with van der Waals surface area (Å²) < 4.78 is 0.932. The number of hydrogen-bond donors (Lipinski definition) is 0. The van der Waals surface area contributed by atoms with Crippen LogP contribution in [0.4, 0.5) is 0 Å². The van der Waals surface area contributed by atoms with Gasteiger partial charge in [0.1, 0.15) is 11.0 Å². The first kappa shape index (κ1) is 11.6. The van der Waals surface area contributed by atoms with E-state index in [2.05, 4.69) is 32.6 Å². The number of rotatable bonds is 2. The second-order valence-corrected chi connectivity index (χ2v) is 5.65. The monoisotopic (exact) mass is 336 g/mol. The minimum absolute atomic E-state index is 0.594. The summed E-state index contributed by atoms with van der Waals surface area (Å²) in [5, 5.41) is 0.594. The maximum atomic E-state index is 5.97. The third kappa shape index (κ3) is 3.28. The van der Waals surface area contributed by atoms with Crippen molar-refractivity contribution in [2.24, 2.45) is 5.92 Å². The third-order valence-electron chi connectivity index (χ3n) is 2.95. The highest BCUT2D eigenvalue weighted by Gasteiger charge is 2.15. The standard InChI is InChI=1S/C11H14ClIN2/c12-11-9(13)7-14-10(15-11)6-8-4-2-1-3-5-8/h7-8H,1-6H2. The lowest BCUT2D eigenvalue weighted by atomic mass is 9.87. The number of nitrogens with zero attached hydrogens (tertiary/aromatic N) is 2. The van der Waals surface area contributed by atoms with Crippen LogP contribution < -0.4 is 0 Å². The summed E-state index contributed by atoms with van der Waals surface area (Å²) in [7, 11) is 0. The first-order valence-electron chi connectivity index (χ1n) is 5.42. The van der Waals surface area contributed by atoms with Gasteiger partial charge in [-0.15, -0.1) is 0 Å². The molecule has 4 heteroatoms. The van der Waals surface area contributed by atoms with Gasteiger partial charge in [0.2, 0.25) is 0 Å². The predicted octanol–water partition coefficient (Wildman–Crippen LogP) is 3.86. The summed E-state index contributed by atoms with van der Waals surface area (Å²) in [6.07, 6.45) is 9.58. The van der Waals surface area contributed by atoms with E-state index in [1.165, 1.54) is 32.1 Å². The Bertz CT molecular complexity index is 337. The van der Waals surface area contributed by atoms with Gasteiger partial charge >= 0.3 is 0 Å². The van der Waals surface area contributed by atoms with Crippen molar-refractivity contribution in [2.45, 2.75) is 38.5 Å². The van der Waals surface area contributed by atoms with Crippen LogP contribution in [0.1, 0.15) is 37.9 Å². The van der Waals surface area contributed by atoms with E-state index in [0.29, 0.717) is 5.15 Å². The van der Waals surface area contributed by atoms with Gasteiger partial charge in [0.15, 0.2) is 0 Å². The summed E-state index contributed by atoms with van der Waals surface area (Å²) in [6, 6.07) is 0. The van der Waals surface area contributed by atoms with Gasteiger partial charge in [-0.05, 0) is 28.5 Å². The van der Waals surface area contributed by atoms with E-state index in [-0.39, 0.29) is 0 Å². The van der Waals surface area contributed by atoms with Gasteiger partial charge in [0.05, 0.1) is 3.57 Å². The van der Waals surface area contributed by atoms with E-state index in [1.807, 2.05) is 6.20 Å². The van der Waals surface area contributed by atoms with E-state index in [1.54, 1.807) is 0 Å². The minimum atomic E-state index is 0.594. The van der Waals surface area contributed by atoms with Gasteiger partial charge in [-0.25, -0.2) is 9.97 Å². The Morgan fingerprint density at radius 3 is 2.73 bits per heavy atom. The summed E-state index contributed by atoms with van der Waals surface area (Å²) in [5.74, 6) is 1.68. The molecular weight excluding hydrogens is 322 g/mol. The highest BCUT2D eigenvalue weighted by molar-refractivity contribution is 14.1. The fourth-order valence-corrected chi connectivity index (χ4v) is 2.53. The molecule has 2 nitrogen and oxygen atoms in total. The minimum Gasteiger partial charge on any atom is -0.240 e. The van der Waals surface area contributed by atoms with Crippen molar-refractivity contribution in [3.63, 3.8) is 0 Å². The lowest BCUT2D eigenvalue weighted by molar-refractivity contribution is 0.351. The maximum absolute atomic E-state index is 5.97. The second-order valence-electron chi connectivity index (χ2n) is 4.13. The molecule has 1 fully saturated rings. The van der Waals surface area contributed by atoms with Crippen LogP contribution in [-0.2, 0) is 6.42 Å². The Balaban J connectivity index is 2.00. The van der Waals surface area contributed by atoms with Gasteiger partial charge in [-0.2, -0.15) is 0 Å². The third-order valence-corrected chi connectivity index (χ3v) is 4.34. The molecule has 0 amide bonds. The molecule has 0 aliphatic heterocycles. The Morgan fingerprint density at radius 1 is 1.33 bits per heavy atom. The van der Waals surface area contributed by atoms with Gasteiger partial charge in [0, 0.05) is 12.6 Å². The van der Waals surface area contributed by atoms with Gasteiger partial charge in [-0.3, -0.25) is 0 Å². The van der Waals surface area contributed by atoms with E-state index in [0.717, 1.165) is 21.7 Å². The lowest BCUT2D eigenvalue weighted by Crippen LogP contribution is -2.11. The number of halogens is 2. The summed E-state index contributed by atoms with van der Waals surface area (Å²) in [4.78, 5) is 8.64. The van der Waals surface area contributed by atoms with Crippen LogP contribution in [-0.4, -0.2) is 9.97 Å². The summed E-state index contributed by atoms with van der Waals surface area (Å²) >= 11 is 8.13. The smallest absolute Gasteiger partial charge is 0.146 e. The molecule has 0 bridgehead atoms. The molecule has 82 valence electrons. The molecule has 0 spiro atoms. The van der Waals surface area contributed by atoms with Crippen LogP contribution in [0.2, 0.25) is 5.15 Å². The summed E-state index contributed by atoms with van der Waals surface area (Å²) in [5.41, 5.74) is 0. The van der Waals surface area contributed by atoms with Crippen LogP contribution in [0.15, 0.2) is 6.20 Å². The number of hydrogen-bond acceptors (Lipinski definition) is 2. The fourth-order valence-electron chi connectivity index (χ4n) is 2.13. The molecule has 2 rings (SSSR count). The first-order chi connectivity index (χ1) is 7.25. The average Bonchev–Trinajstić information content (AvgIpc) is 2.25. The SMILES string of the molecule is Clc1nc(CC2CCCCC2)ncc1I. The molecule has 1 aromatic rings. The molecule has 0 radical (unpaired) electrons. The molecule has 1 aromatic heterocycles. The van der Waals surface area contributed by atoms with E-state index < -0.39 is 0 Å².